The number of hydrogen-bond acceptors (Lipinski definition) is 2. The summed E-state index contributed by atoms with van der Waals surface area (Å²) in [5.74, 6) is 0.922. The van der Waals surface area contributed by atoms with E-state index in [1.165, 1.54) is 16.5 Å². The molecule has 0 amide bonds. The van der Waals surface area contributed by atoms with Gasteiger partial charge in [0.2, 0.25) is 0 Å². The number of aromatic nitrogens is 1. The van der Waals surface area contributed by atoms with Crippen LogP contribution in [0.2, 0.25) is 0 Å². The number of nitrogens with one attached hydrogen (secondary N) is 1. The van der Waals surface area contributed by atoms with Gasteiger partial charge >= 0.3 is 0 Å². The lowest BCUT2D eigenvalue weighted by atomic mass is 10.1. The fourth-order valence-electron chi connectivity index (χ4n) is 2.32. The average molecular weight is 327 g/mol. The molecule has 0 saturated heterocycles. The van der Waals surface area contributed by atoms with Gasteiger partial charge in [0.25, 0.3) is 0 Å². The first-order chi connectivity index (χ1) is 9.74. The lowest BCUT2D eigenvalue weighted by Gasteiger charge is -2.10. The summed E-state index contributed by atoms with van der Waals surface area (Å²) < 4.78 is 1.09. The van der Waals surface area contributed by atoms with E-state index in [9.17, 15) is 0 Å². The number of halogens is 1. The third-order valence-electron chi connectivity index (χ3n) is 3.30. The van der Waals surface area contributed by atoms with E-state index in [1.54, 1.807) is 0 Å². The number of nitrogens with zero attached hydrogens (tertiary/aromatic N) is 1. The van der Waals surface area contributed by atoms with Crippen LogP contribution in [0.5, 0.6) is 0 Å². The molecule has 0 unspecified atom stereocenters. The number of hydrogen-bond donors (Lipinski definition) is 1. The van der Waals surface area contributed by atoms with Crippen LogP contribution in [0.3, 0.4) is 0 Å². The summed E-state index contributed by atoms with van der Waals surface area (Å²) in [6.07, 6.45) is 1.84. The highest BCUT2D eigenvalue weighted by atomic mass is 79.9. The van der Waals surface area contributed by atoms with E-state index in [2.05, 4.69) is 63.5 Å². The highest BCUT2D eigenvalue weighted by molar-refractivity contribution is 9.10. The van der Waals surface area contributed by atoms with Crippen molar-refractivity contribution in [3.05, 3.63) is 70.3 Å². The second kappa shape index (κ2) is 5.63. The Morgan fingerprint density at radius 1 is 1.05 bits per heavy atom. The summed E-state index contributed by atoms with van der Waals surface area (Å²) in [4.78, 5) is 4.45. The molecule has 3 aromatic rings. The molecule has 1 N–H and O–H groups in total. The summed E-state index contributed by atoms with van der Waals surface area (Å²) in [6, 6.07) is 16.7. The topological polar surface area (TPSA) is 24.9 Å². The maximum absolute atomic E-state index is 4.45. The van der Waals surface area contributed by atoms with Gasteiger partial charge in [-0.25, -0.2) is 4.98 Å². The van der Waals surface area contributed by atoms with Crippen molar-refractivity contribution in [2.75, 3.05) is 5.32 Å². The highest BCUT2D eigenvalue weighted by Crippen LogP contribution is 2.27. The van der Waals surface area contributed by atoms with Crippen LogP contribution in [0.15, 0.2) is 59.2 Å². The molecule has 0 bridgehead atoms. The van der Waals surface area contributed by atoms with Crippen molar-refractivity contribution in [1.82, 2.24) is 4.98 Å². The van der Waals surface area contributed by atoms with Crippen LogP contribution in [-0.2, 0) is 6.54 Å². The molecule has 100 valence electrons. The number of anilines is 1. The van der Waals surface area contributed by atoms with E-state index in [-0.39, 0.29) is 0 Å². The van der Waals surface area contributed by atoms with Crippen LogP contribution in [0.4, 0.5) is 5.82 Å². The number of rotatable bonds is 3. The molecular weight excluding hydrogens is 312 g/mol. The fraction of sp³-hybridized carbons (Fsp3) is 0.118. The van der Waals surface area contributed by atoms with Gasteiger partial charge in [0.1, 0.15) is 5.82 Å². The van der Waals surface area contributed by atoms with Gasteiger partial charge in [-0.1, -0.05) is 57.9 Å². The van der Waals surface area contributed by atoms with Gasteiger partial charge in [0.15, 0.2) is 0 Å². The van der Waals surface area contributed by atoms with E-state index in [4.69, 9.17) is 0 Å². The van der Waals surface area contributed by atoms with E-state index in [0.717, 1.165) is 22.2 Å². The molecule has 20 heavy (non-hydrogen) atoms. The van der Waals surface area contributed by atoms with E-state index >= 15 is 0 Å². The van der Waals surface area contributed by atoms with E-state index < -0.39 is 0 Å². The zero-order chi connectivity index (χ0) is 13.9. The first-order valence-electron chi connectivity index (χ1n) is 6.57. The maximum Gasteiger partial charge on any atom is 0.134 e. The molecule has 1 heterocycles. The Bertz CT molecular complexity index is 753. The number of fused-ring (bicyclic) bond motifs is 1. The Labute approximate surface area is 127 Å². The molecule has 1 aromatic heterocycles. The van der Waals surface area contributed by atoms with Gasteiger partial charge < -0.3 is 5.32 Å². The Morgan fingerprint density at radius 3 is 2.75 bits per heavy atom. The Balaban J connectivity index is 1.90. The minimum Gasteiger partial charge on any atom is -0.365 e. The van der Waals surface area contributed by atoms with Gasteiger partial charge in [0.05, 0.1) is 0 Å². The van der Waals surface area contributed by atoms with Crippen LogP contribution in [0.25, 0.3) is 10.8 Å². The minimum atomic E-state index is 0.778. The summed E-state index contributed by atoms with van der Waals surface area (Å²) in [6.45, 7) is 2.89. The molecular formula is C17H15BrN2. The highest BCUT2D eigenvalue weighted by Gasteiger charge is 2.04. The molecule has 0 aliphatic rings. The quantitative estimate of drug-likeness (QED) is 0.739. The lowest BCUT2D eigenvalue weighted by molar-refractivity contribution is 1.11. The van der Waals surface area contributed by atoms with Crippen molar-refractivity contribution in [1.29, 1.82) is 0 Å². The van der Waals surface area contributed by atoms with Gasteiger partial charge in [-0.3, -0.25) is 0 Å². The second-order valence-corrected chi connectivity index (χ2v) is 5.69. The summed E-state index contributed by atoms with van der Waals surface area (Å²) >= 11 is 3.58. The monoisotopic (exact) mass is 326 g/mol. The number of aryl methyl sites for hydroxylation is 1. The summed E-state index contributed by atoms with van der Waals surface area (Å²) in [7, 11) is 0. The van der Waals surface area contributed by atoms with Gasteiger partial charge in [-0.2, -0.15) is 0 Å². The second-order valence-electron chi connectivity index (χ2n) is 4.84. The van der Waals surface area contributed by atoms with Crippen LogP contribution < -0.4 is 5.32 Å². The van der Waals surface area contributed by atoms with E-state index in [0.29, 0.717) is 0 Å². The van der Waals surface area contributed by atoms with Crippen LogP contribution in [-0.4, -0.2) is 4.98 Å². The molecule has 0 aliphatic carbocycles. The van der Waals surface area contributed by atoms with Crippen molar-refractivity contribution >= 4 is 32.5 Å². The predicted octanol–water partition coefficient (Wildman–Crippen LogP) is 4.92. The predicted molar refractivity (Wildman–Crippen MR) is 87.9 cm³/mol. The van der Waals surface area contributed by atoms with Crippen molar-refractivity contribution in [3.8, 4) is 0 Å². The molecule has 0 fully saturated rings. The van der Waals surface area contributed by atoms with Gasteiger partial charge in [-0.05, 0) is 24.6 Å². The molecule has 2 aromatic carbocycles. The molecule has 0 atom stereocenters. The van der Waals surface area contributed by atoms with Crippen LogP contribution in [0, 0.1) is 6.92 Å². The summed E-state index contributed by atoms with van der Waals surface area (Å²) in [5, 5.41) is 5.74. The third-order valence-corrected chi connectivity index (χ3v) is 3.99. The minimum absolute atomic E-state index is 0.778. The molecule has 0 radical (unpaired) electrons. The first kappa shape index (κ1) is 13.1. The molecule has 0 aliphatic heterocycles. The standard InChI is InChI=1S/C17H15BrN2/c1-12-4-2-5-13(10-12)11-20-17-15-6-3-7-16(18)14(15)8-9-19-17/h2-10H,11H2,1H3,(H,19,20). The van der Waals surface area contributed by atoms with Crippen molar-refractivity contribution < 1.29 is 0 Å². The Hall–Kier alpha value is -1.87. The molecule has 0 spiro atoms. The summed E-state index contributed by atoms with van der Waals surface area (Å²) in [5.41, 5.74) is 2.54. The molecule has 3 rings (SSSR count). The van der Waals surface area contributed by atoms with Gasteiger partial charge in [-0.15, -0.1) is 0 Å². The maximum atomic E-state index is 4.45. The third kappa shape index (κ3) is 2.68. The van der Waals surface area contributed by atoms with Crippen LogP contribution in [0.1, 0.15) is 11.1 Å². The molecule has 0 saturated carbocycles. The number of benzene rings is 2. The Morgan fingerprint density at radius 2 is 1.90 bits per heavy atom. The zero-order valence-corrected chi connectivity index (χ0v) is 12.8. The van der Waals surface area contributed by atoms with Crippen molar-refractivity contribution in [3.63, 3.8) is 0 Å². The van der Waals surface area contributed by atoms with Gasteiger partial charge in [0, 0.05) is 28.0 Å². The molecule has 2 nitrogen and oxygen atoms in total. The van der Waals surface area contributed by atoms with Crippen molar-refractivity contribution in [2.45, 2.75) is 13.5 Å². The first-order valence-corrected chi connectivity index (χ1v) is 7.36. The SMILES string of the molecule is Cc1cccc(CNc2nccc3c(Br)cccc23)c1. The smallest absolute Gasteiger partial charge is 0.134 e. The lowest BCUT2D eigenvalue weighted by Crippen LogP contribution is -2.02. The normalized spacial score (nSPS) is 10.7. The largest absolute Gasteiger partial charge is 0.365 e. The Kier molecular flexibility index (Phi) is 3.70. The number of pyridine rings is 1. The van der Waals surface area contributed by atoms with Crippen LogP contribution >= 0.6 is 15.9 Å². The van der Waals surface area contributed by atoms with E-state index in [1.807, 2.05) is 24.4 Å². The zero-order valence-electron chi connectivity index (χ0n) is 11.2. The van der Waals surface area contributed by atoms with Crippen molar-refractivity contribution in [2.24, 2.45) is 0 Å². The molecule has 3 heteroatoms. The fourth-order valence-corrected chi connectivity index (χ4v) is 2.82. The average Bonchev–Trinajstić information content (AvgIpc) is 2.46.